The number of aromatic nitrogens is 2. The van der Waals surface area contributed by atoms with Gasteiger partial charge in [-0.15, -0.1) is 0 Å². The molecule has 33 heavy (non-hydrogen) atoms. The molecule has 1 aromatic heterocycles. The molecule has 2 amide bonds. The second-order valence-corrected chi connectivity index (χ2v) is 11.9. The van der Waals surface area contributed by atoms with E-state index in [1.807, 2.05) is 32.9 Å². The van der Waals surface area contributed by atoms with Gasteiger partial charge in [0.25, 0.3) is 0 Å². The highest BCUT2D eigenvalue weighted by Crippen LogP contribution is 2.73. The van der Waals surface area contributed by atoms with Crippen LogP contribution in [-0.2, 0) is 9.48 Å². The lowest BCUT2D eigenvalue weighted by atomic mass is 10.00. The normalized spacial score (nSPS) is 24.2. The van der Waals surface area contributed by atoms with Crippen molar-refractivity contribution in [3.8, 4) is 11.4 Å². The Morgan fingerprint density at radius 2 is 1.97 bits per heavy atom. The van der Waals surface area contributed by atoms with Crippen LogP contribution in [-0.4, -0.2) is 58.0 Å². The quantitative estimate of drug-likeness (QED) is 0.511. The monoisotopic (exact) mass is 475 g/mol. The van der Waals surface area contributed by atoms with Crippen LogP contribution < -0.4 is 15.5 Å². The molecule has 180 valence electrons. The number of benzene rings is 1. The van der Waals surface area contributed by atoms with Crippen molar-refractivity contribution in [2.75, 3.05) is 37.0 Å². The van der Waals surface area contributed by atoms with E-state index in [1.165, 1.54) is 0 Å². The molecular weight excluding hydrogens is 442 g/mol. The molecule has 2 aromatic rings. The van der Waals surface area contributed by atoms with Gasteiger partial charge in [-0.1, -0.05) is 6.92 Å². The Kier molecular flexibility index (Phi) is 6.30. The molecule has 0 radical (unpaired) electrons. The summed E-state index contributed by atoms with van der Waals surface area (Å²) in [6.45, 7) is 9.56. The van der Waals surface area contributed by atoms with Crippen LogP contribution in [0.15, 0.2) is 24.3 Å². The first kappa shape index (κ1) is 23.7. The lowest BCUT2D eigenvalue weighted by Gasteiger charge is -2.43. The summed E-state index contributed by atoms with van der Waals surface area (Å²) in [4.78, 5) is 23.7. The van der Waals surface area contributed by atoms with Crippen LogP contribution >= 0.6 is 10.6 Å². The van der Waals surface area contributed by atoms with E-state index in [2.05, 4.69) is 22.5 Å². The molecule has 4 N–H and O–H groups in total. The molecule has 10 heteroatoms. The highest BCUT2D eigenvalue weighted by Gasteiger charge is 2.52. The second kappa shape index (κ2) is 8.75. The van der Waals surface area contributed by atoms with E-state index in [0.717, 1.165) is 23.4 Å². The van der Waals surface area contributed by atoms with E-state index in [1.54, 1.807) is 19.2 Å². The number of anilines is 2. The van der Waals surface area contributed by atoms with E-state index >= 15 is 0 Å². The lowest BCUT2D eigenvalue weighted by Crippen LogP contribution is -2.46. The molecule has 0 saturated carbocycles. The van der Waals surface area contributed by atoms with Crippen LogP contribution in [0.3, 0.4) is 0 Å². The van der Waals surface area contributed by atoms with Gasteiger partial charge in [-0.3, -0.25) is 9.11 Å². The van der Waals surface area contributed by atoms with E-state index in [0.29, 0.717) is 37.0 Å². The zero-order valence-electron chi connectivity index (χ0n) is 19.8. The number of morpholine rings is 1. The van der Waals surface area contributed by atoms with Gasteiger partial charge in [0.15, 0.2) is 5.82 Å². The molecule has 4 rings (SSSR count). The number of fused-ring (bicyclic) bond motifs is 1. The van der Waals surface area contributed by atoms with E-state index < -0.39 is 20.6 Å². The zero-order valence-corrected chi connectivity index (χ0v) is 20.6. The molecule has 0 bridgehead atoms. The van der Waals surface area contributed by atoms with Crippen molar-refractivity contribution >= 4 is 28.1 Å². The van der Waals surface area contributed by atoms with Crippen molar-refractivity contribution in [3.63, 3.8) is 0 Å². The third kappa shape index (κ3) is 3.95. The van der Waals surface area contributed by atoms with Crippen LogP contribution in [0.5, 0.6) is 0 Å². The van der Waals surface area contributed by atoms with Crippen molar-refractivity contribution in [3.05, 3.63) is 35.5 Å². The zero-order chi connectivity index (χ0) is 24.0. The Morgan fingerprint density at radius 3 is 2.61 bits per heavy atom. The van der Waals surface area contributed by atoms with Crippen molar-refractivity contribution in [2.24, 2.45) is 0 Å². The molecule has 0 aliphatic carbocycles. The van der Waals surface area contributed by atoms with Gasteiger partial charge in [0.1, 0.15) is 5.82 Å². The Bertz CT molecular complexity index is 1040. The maximum absolute atomic E-state index is 11.6. The highest BCUT2D eigenvalue weighted by atomic mass is 32.3. The number of carbonyl (C=O) groups is 1. The minimum Gasteiger partial charge on any atom is -0.377 e. The second-order valence-electron chi connectivity index (χ2n) is 8.99. The number of hydrogen-bond acceptors (Lipinski definition) is 7. The van der Waals surface area contributed by atoms with E-state index in [9.17, 15) is 13.9 Å². The summed E-state index contributed by atoms with van der Waals surface area (Å²) in [5.74, 6) is 1.28. The largest absolute Gasteiger partial charge is 0.377 e. The minimum absolute atomic E-state index is 0.155. The summed E-state index contributed by atoms with van der Waals surface area (Å²) < 4.78 is 27.1. The molecule has 0 spiro atoms. The summed E-state index contributed by atoms with van der Waals surface area (Å²) in [7, 11) is -1.42. The fraction of sp³-hybridized carbons (Fsp3) is 0.522. The molecule has 3 heterocycles. The average molecular weight is 476 g/mol. The summed E-state index contributed by atoms with van der Waals surface area (Å²) in [6, 6.07) is 7.17. The third-order valence-electron chi connectivity index (χ3n) is 6.75. The lowest BCUT2D eigenvalue weighted by molar-refractivity contribution is 0.0924. The number of ether oxygens (including phenoxy) is 1. The predicted molar refractivity (Wildman–Crippen MR) is 132 cm³/mol. The van der Waals surface area contributed by atoms with Crippen LogP contribution in [0.1, 0.15) is 50.6 Å². The van der Waals surface area contributed by atoms with Crippen molar-refractivity contribution < 1.29 is 18.6 Å². The SMILES string of the molecule is CC[C@H]1COCCN1c1nc(-c2ccc(NC(=O)NC)cc2)nc2c1C(C)S(O)(O)C2(C)C. The fourth-order valence-electron chi connectivity index (χ4n) is 4.56. The average Bonchev–Trinajstić information content (AvgIpc) is 2.95. The number of rotatable bonds is 4. The van der Waals surface area contributed by atoms with Crippen LogP contribution in [0.25, 0.3) is 11.4 Å². The van der Waals surface area contributed by atoms with Crippen molar-refractivity contribution in [1.29, 1.82) is 0 Å². The van der Waals surface area contributed by atoms with E-state index in [-0.39, 0.29) is 12.1 Å². The van der Waals surface area contributed by atoms with Gasteiger partial charge in [0.05, 0.1) is 34.9 Å². The van der Waals surface area contributed by atoms with E-state index in [4.69, 9.17) is 14.7 Å². The Morgan fingerprint density at radius 1 is 1.27 bits per heavy atom. The van der Waals surface area contributed by atoms with Crippen LogP contribution in [0, 0.1) is 0 Å². The van der Waals surface area contributed by atoms with Crippen LogP contribution in [0.2, 0.25) is 0 Å². The maximum atomic E-state index is 11.6. The van der Waals surface area contributed by atoms with Gasteiger partial charge in [-0.05, 0) is 51.5 Å². The number of amides is 2. The fourth-order valence-corrected chi connectivity index (χ4v) is 6.43. The third-order valence-corrected chi connectivity index (χ3v) is 9.66. The Labute approximate surface area is 196 Å². The van der Waals surface area contributed by atoms with Gasteiger partial charge < -0.3 is 20.3 Å². The number of nitrogens with one attached hydrogen (secondary N) is 2. The van der Waals surface area contributed by atoms with Crippen molar-refractivity contribution in [2.45, 2.75) is 50.2 Å². The van der Waals surface area contributed by atoms with Gasteiger partial charge in [0, 0.05) is 30.4 Å². The summed E-state index contributed by atoms with van der Waals surface area (Å²) >= 11 is 0. The molecule has 1 fully saturated rings. The van der Waals surface area contributed by atoms with Gasteiger partial charge >= 0.3 is 6.03 Å². The topological polar surface area (TPSA) is 120 Å². The number of urea groups is 1. The number of hydrogen-bond donors (Lipinski definition) is 4. The summed E-state index contributed by atoms with van der Waals surface area (Å²) in [5.41, 5.74) is 2.95. The maximum Gasteiger partial charge on any atom is 0.318 e. The first-order valence-corrected chi connectivity index (χ1v) is 12.8. The molecule has 1 unspecified atom stereocenters. The highest BCUT2D eigenvalue weighted by molar-refractivity contribution is 8.25. The molecule has 2 aliphatic rings. The van der Waals surface area contributed by atoms with Gasteiger partial charge in [-0.25, -0.2) is 14.8 Å². The molecule has 1 aromatic carbocycles. The molecule has 2 aliphatic heterocycles. The van der Waals surface area contributed by atoms with Crippen LogP contribution in [0.4, 0.5) is 16.3 Å². The molecule has 1 saturated heterocycles. The number of nitrogens with zero attached hydrogens (tertiary/aromatic N) is 3. The van der Waals surface area contributed by atoms with Gasteiger partial charge in [0.2, 0.25) is 0 Å². The summed E-state index contributed by atoms with van der Waals surface area (Å²) in [6.07, 6.45) is 0.891. The minimum atomic E-state index is -2.98. The number of carbonyl (C=O) groups excluding carboxylic acids is 1. The first-order valence-electron chi connectivity index (χ1n) is 11.2. The first-order chi connectivity index (χ1) is 15.6. The Hall–Kier alpha value is -2.40. The molecular formula is C23H33N5O4S. The molecule has 9 nitrogen and oxygen atoms in total. The molecule has 2 atom stereocenters. The Balaban J connectivity index is 1.85. The summed E-state index contributed by atoms with van der Waals surface area (Å²) in [5, 5.41) is 4.80. The predicted octanol–water partition coefficient (Wildman–Crippen LogP) is 4.57. The smallest absolute Gasteiger partial charge is 0.318 e. The van der Waals surface area contributed by atoms with Crippen molar-refractivity contribution in [1.82, 2.24) is 15.3 Å². The standard InChI is InChI=1S/C23H33N5O4S/c1-6-17-13-32-12-11-28(17)21-18-14(2)33(30,31)23(3,4)19(18)26-20(27-21)15-7-9-16(10-8-15)25-22(29)24-5/h7-10,14,17,30-31H,6,11-13H2,1-5H3,(H2,24,25,29)/t14?,17-/m0/s1. The van der Waals surface area contributed by atoms with Gasteiger partial charge in [-0.2, -0.15) is 10.6 Å².